The molecule has 0 heterocycles. The van der Waals surface area contributed by atoms with Gasteiger partial charge in [0.2, 0.25) is 0 Å². The molecule has 0 aliphatic heterocycles. The fourth-order valence-electron chi connectivity index (χ4n) is 1.25. The van der Waals surface area contributed by atoms with Gasteiger partial charge in [0.25, 0.3) is 0 Å². The predicted molar refractivity (Wildman–Crippen MR) is 50.6 cm³/mol. The van der Waals surface area contributed by atoms with Gasteiger partial charge in [-0.3, -0.25) is 4.79 Å². The van der Waals surface area contributed by atoms with Crippen LogP contribution in [0.1, 0.15) is 16.7 Å². The molecule has 0 fully saturated rings. The molecule has 1 rings (SSSR count). The molecule has 4 nitrogen and oxygen atoms in total. The summed E-state index contributed by atoms with van der Waals surface area (Å²) >= 11 is 0. The highest BCUT2D eigenvalue weighted by Crippen LogP contribution is 2.31. The summed E-state index contributed by atoms with van der Waals surface area (Å²) in [6.45, 7) is 3.30. The fraction of sp³-hybridized carbons (Fsp3) is 0.300. The highest BCUT2D eigenvalue weighted by atomic mass is 16.4. The Balaban J connectivity index is 3.25. The van der Waals surface area contributed by atoms with Gasteiger partial charge >= 0.3 is 5.97 Å². The third-order valence-electron chi connectivity index (χ3n) is 2.26. The molecule has 14 heavy (non-hydrogen) atoms. The maximum absolute atomic E-state index is 10.4. The van der Waals surface area contributed by atoms with Crippen LogP contribution in [0.5, 0.6) is 11.5 Å². The van der Waals surface area contributed by atoms with E-state index in [1.807, 2.05) is 0 Å². The van der Waals surface area contributed by atoms with Crippen molar-refractivity contribution in [3.63, 3.8) is 0 Å². The van der Waals surface area contributed by atoms with Crippen LogP contribution in [0.15, 0.2) is 6.07 Å². The number of carboxylic acid groups (broad SMARTS) is 1. The van der Waals surface area contributed by atoms with Crippen molar-refractivity contribution in [2.24, 2.45) is 0 Å². The van der Waals surface area contributed by atoms with Crippen LogP contribution in [0, 0.1) is 13.8 Å². The highest BCUT2D eigenvalue weighted by molar-refractivity contribution is 5.72. The maximum atomic E-state index is 10.4. The van der Waals surface area contributed by atoms with Gasteiger partial charge in [0.05, 0.1) is 6.42 Å². The molecule has 0 spiro atoms. The molecule has 0 radical (unpaired) electrons. The summed E-state index contributed by atoms with van der Waals surface area (Å²) in [5.74, 6) is -1.08. The van der Waals surface area contributed by atoms with Gasteiger partial charge in [-0.05, 0) is 31.0 Å². The molecule has 0 atom stereocenters. The average Bonchev–Trinajstić information content (AvgIpc) is 2.10. The Morgan fingerprint density at radius 1 is 1.29 bits per heavy atom. The number of carbonyl (C=O) groups is 1. The second kappa shape index (κ2) is 3.57. The number of hydrogen-bond acceptors (Lipinski definition) is 3. The summed E-state index contributed by atoms with van der Waals surface area (Å²) in [5.41, 5.74) is 1.32. The first-order valence-electron chi connectivity index (χ1n) is 4.16. The molecular formula is C10H12O4. The van der Waals surface area contributed by atoms with Crippen LogP contribution in [0.3, 0.4) is 0 Å². The van der Waals surface area contributed by atoms with Crippen LogP contribution >= 0.6 is 0 Å². The first kappa shape index (κ1) is 10.4. The van der Waals surface area contributed by atoms with Gasteiger partial charge in [-0.2, -0.15) is 0 Å². The second-order valence-corrected chi connectivity index (χ2v) is 3.22. The molecule has 0 aliphatic carbocycles. The standard InChI is InChI=1S/C10H12O4/c1-5-6(2)10(14)7(3-8(5)11)4-9(12)13/h3,11,14H,4H2,1-2H3,(H,12,13). The quantitative estimate of drug-likeness (QED) is 0.624. The Hall–Kier alpha value is -1.71. The van der Waals surface area contributed by atoms with E-state index in [-0.39, 0.29) is 23.5 Å². The summed E-state index contributed by atoms with van der Waals surface area (Å²) in [5, 5.41) is 27.5. The van der Waals surface area contributed by atoms with Crippen molar-refractivity contribution in [1.82, 2.24) is 0 Å². The number of aromatic hydroxyl groups is 2. The van der Waals surface area contributed by atoms with Crippen LogP contribution in [0.25, 0.3) is 0 Å². The summed E-state index contributed by atoms with van der Waals surface area (Å²) in [6.07, 6.45) is -0.291. The smallest absolute Gasteiger partial charge is 0.307 e. The minimum absolute atomic E-state index is 0.0107. The largest absolute Gasteiger partial charge is 0.508 e. The molecule has 0 saturated carbocycles. The average molecular weight is 196 g/mol. The lowest BCUT2D eigenvalue weighted by Gasteiger charge is -2.09. The molecule has 0 bridgehead atoms. The molecule has 0 amide bonds. The van der Waals surface area contributed by atoms with Crippen LogP contribution in [-0.2, 0) is 11.2 Å². The normalized spacial score (nSPS) is 10.1. The van der Waals surface area contributed by atoms with Gasteiger partial charge in [0.1, 0.15) is 11.5 Å². The number of phenols is 2. The molecule has 76 valence electrons. The molecule has 3 N–H and O–H groups in total. The van der Waals surface area contributed by atoms with Crippen molar-refractivity contribution < 1.29 is 20.1 Å². The Labute approximate surface area is 81.4 Å². The zero-order valence-corrected chi connectivity index (χ0v) is 8.03. The SMILES string of the molecule is Cc1c(O)cc(CC(=O)O)c(O)c1C. The first-order valence-corrected chi connectivity index (χ1v) is 4.16. The lowest BCUT2D eigenvalue weighted by molar-refractivity contribution is -0.136. The molecular weight excluding hydrogens is 184 g/mol. The fourth-order valence-corrected chi connectivity index (χ4v) is 1.25. The van der Waals surface area contributed by atoms with Gasteiger partial charge < -0.3 is 15.3 Å². The van der Waals surface area contributed by atoms with Crippen LogP contribution in [-0.4, -0.2) is 21.3 Å². The Kier molecular flexibility index (Phi) is 2.65. The van der Waals surface area contributed by atoms with Crippen LogP contribution in [0.4, 0.5) is 0 Å². The van der Waals surface area contributed by atoms with Crippen molar-refractivity contribution in [3.05, 3.63) is 22.8 Å². The number of benzene rings is 1. The van der Waals surface area contributed by atoms with Crippen LogP contribution < -0.4 is 0 Å². The Morgan fingerprint density at radius 3 is 2.36 bits per heavy atom. The number of phenolic OH excluding ortho intramolecular Hbond substituents is 2. The van der Waals surface area contributed by atoms with Crippen molar-refractivity contribution in [3.8, 4) is 11.5 Å². The van der Waals surface area contributed by atoms with E-state index in [0.717, 1.165) is 0 Å². The van der Waals surface area contributed by atoms with E-state index in [0.29, 0.717) is 11.1 Å². The molecule has 0 aliphatic rings. The third-order valence-corrected chi connectivity index (χ3v) is 2.26. The monoisotopic (exact) mass is 196 g/mol. The van der Waals surface area contributed by atoms with E-state index in [2.05, 4.69) is 0 Å². The maximum Gasteiger partial charge on any atom is 0.307 e. The Bertz CT molecular complexity index is 382. The minimum Gasteiger partial charge on any atom is -0.508 e. The number of hydrogen-bond donors (Lipinski definition) is 3. The molecule has 0 saturated heterocycles. The van der Waals surface area contributed by atoms with E-state index in [9.17, 15) is 15.0 Å². The van der Waals surface area contributed by atoms with Crippen molar-refractivity contribution in [2.45, 2.75) is 20.3 Å². The first-order chi connectivity index (χ1) is 6.43. The van der Waals surface area contributed by atoms with E-state index < -0.39 is 5.97 Å². The van der Waals surface area contributed by atoms with E-state index in [1.165, 1.54) is 6.07 Å². The molecule has 4 heteroatoms. The Morgan fingerprint density at radius 2 is 1.86 bits per heavy atom. The van der Waals surface area contributed by atoms with Gasteiger partial charge in [0, 0.05) is 5.56 Å². The number of aliphatic carboxylic acids is 1. The van der Waals surface area contributed by atoms with E-state index >= 15 is 0 Å². The summed E-state index contributed by atoms with van der Waals surface area (Å²) in [6, 6.07) is 1.28. The van der Waals surface area contributed by atoms with Gasteiger partial charge in [-0.15, -0.1) is 0 Å². The summed E-state index contributed by atoms with van der Waals surface area (Å²) in [7, 11) is 0. The number of rotatable bonds is 2. The zero-order chi connectivity index (χ0) is 10.9. The summed E-state index contributed by atoms with van der Waals surface area (Å²) < 4.78 is 0. The van der Waals surface area contributed by atoms with Crippen molar-refractivity contribution in [2.75, 3.05) is 0 Å². The minimum atomic E-state index is -1.04. The topological polar surface area (TPSA) is 77.8 Å². The predicted octanol–water partition coefficient (Wildman–Crippen LogP) is 1.34. The van der Waals surface area contributed by atoms with Crippen molar-refractivity contribution >= 4 is 5.97 Å². The van der Waals surface area contributed by atoms with E-state index in [4.69, 9.17) is 5.11 Å². The zero-order valence-electron chi connectivity index (χ0n) is 8.03. The van der Waals surface area contributed by atoms with E-state index in [1.54, 1.807) is 13.8 Å². The van der Waals surface area contributed by atoms with Gasteiger partial charge in [-0.25, -0.2) is 0 Å². The summed E-state index contributed by atoms with van der Waals surface area (Å²) in [4.78, 5) is 10.4. The highest BCUT2D eigenvalue weighted by Gasteiger charge is 2.13. The van der Waals surface area contributed by atoms with Crippen LogP contribution in [0.2, 0.25) is 0 Å². The van der Waals surface area contributed by atoms with Gasteiger partial charge in [-0.1, -0.05) is 0 Å². The lowest BCUT2D eigenvalue weighted by Crippen LogP contribution is -2.01. The lowest BCUT2D eigenvalue weighted by atomic mass is 10.0. The molecule has 0 unspecified atom stereocenters. The van der Waals surface area contributed by atoms with Gasteiger partial charge in [0.15, 0.2) is 0 Å². The number of carboxylic acids is 1. The van der Waals surface area contributed by atoms with Crippen molar-refractivity contribution in [1.29, 1.82) is 0 Å². The second-order valence-electron chi connectivity index (χ2n) is 3.22. The molecule has 1 aromatic carbocycles. The third kappa shape index (κ3) is 1.79. The molecule has 0 aromatic heterocycles. The molecule has 1 aromatic rings.